The molecule has 3 fully saturated rings. The molecule has 0 heterocycles. The molecule has 0 saturated heterocycles. The van der Waals surface area contributed by atoms with Gasteiger partial charge in [0.1, 0.15) is 0 Å². The zero-order chi connectivity index (χ0) is 9.85. The van der Waals surface area contributed by atoms with Crippen molar-refractivity contribution in [2.24, 2.45) is 22.7 Å². The van der Waals surface area contributed by atoms with Gasteiger partial charge in [0.05, 0.1) is 0 Å². The Bertz CT molecular complexity index is 257. The highest BCUT2D eigenvalue weighted by molar-refractivity contribution is 7.96. The van der Waals surface area contributed by atoms with Crippen LogP contribution in [0.5, 0.6) is 0 Å². The number of rotatable bonds is 1. The summed E-state index contributed by atoms with van der Waals surface area (Å²) in [4.78, 5) is 11.5. The summed E-state index contributed by atoms with van der Waals surface area (Å²) in [5, 5.41) is 0.101. The first-order valence-electron chi connectivity index (χ1n) is 5.12. The van der Waals surface area contributed by atoms with Crippen LogP contribution in [0.4, 0.5) is 0 Å². The second-order valence-electron chi connectivity index (χ2n) is 5.57. The fourth-order valence-electron chi connectivity index (χ4n) is 3.49. The van der Waals surface area contributed by atoms with E-state index in [1.807, 2.05) is 0 Å². The van der Waals surface area contributed by atoms with Crippen molar-refractivity contribution in [3.63, 3.8) is 0 Å². The fraction of sp³-hybridized carbons (Fsp3) is 0.909. The van der Waals surface area contributed by atoms with Gasteiger partial charge in [0.2, 0.25) is 0 Å². The van der Waals surface area contributed by atoms with E-state index in [1.54, 1.807) is 0 Å². The van der Waals surface area contributed by atoms with Crippen LogP contribution in [0.15, 0.2) is 0 Å². The molecule has 0 aromatic heterocycles. The molecule has 3 unspecified atom stereocenters. The summed E-state index contributed by atoms with van der Waals surface area (Å²) in [6, 6.07) is 0. The Morgan fingerprint density at radius 3 is 2.31 bits per heavy atom. The van der Waals surface area contributed by atoms with E-state index in [9.17, 15) is 4.79 Å². The summed E-state index contributed by atoms with van der Waals surface area (Å²) in [5.74, 6) is 1.43. The normalized spacial score (nSPS) is 46.8. The van der Waals surface area contributed by atoms with Crippen molar-refractivity contribution in [1.82, 2.24) is 0 Å². The molecule has 1 nitrogen and oxygen atoms in total. The third kappa shape index (κ3) is 1.04. The Morgan fingerprint density at radius 1 is 1.38 bits per heavy atom. The molecular formula is C11H18OS. The van der Waals surface area contributed by atoms with Gasteiger partial charge in [-0.1, -0.05) is 20.8 Å². The molecule has 0 aromatic carbocycles. The molecule has 3 rings (SSSR count). The third-order valence-corrected chi connectivity index (χ3v) is 5.25. The quantitative estimate of drug-likeness (QED) is 0.641. The Kier molecular flexibility index (Phi) is 1.86. The Hall–Kier alpha value is 0.0200. The van der Waals surface area contributed by atoms with Crippen molar-refractivity contribution < 1.29 is 4.79 Å². The van der Waals surface area contributed by atoms with E-state index in [0.29, 0.717) is 11.3 Å². The summed E-state index contributed by atoms with van der Waals surface area (Å²) in [7, 11) is 0. The van der Waals surface area contributed by atoms with Crippen LogP contribution in [0, 0.1) is 22.7 Å². The van der Waals surface area contributed by atoms with Crippen molar-refractivity contribution in [2.75, 3.05) is 0 Å². The van der Waals surface area contributed by atoms with Crippen molar-refractivity contribution >= 4 is 17.7 Å². The van der Waals surface area contributed by atoms with Crippen LogP contribution < -0.4 is 0 Å². The number of hydrogen-bond donors (Lipinski definition) is 1. The average Bonchev–Trinajstić information content (AvgIpc) is 2.03. The van der Waals surface area contributed by atoms with Crippen LogP contribution in [0.3, 0.4) is 0 Å². The molecule has 0 amide bonds. The number of hydrogen-bond acceptors (Lipinski definition) is 1. The van der Waals surface area contributed by atoms with E-state index in [1.165, 1.54) is 12.8 Å². The van der Waals surface area contributed by atoms with Crippen molar-refractivity contribution in [3.05, 3.63) is 0 Å². The number of carbonyl (C=O) groups is 1. The smallest absolute Gasteiger partial charge is 0.192 e. The average molecular weight is 198 g/mol. The molecule has 0 radical (unpaired) electrons. The number of fused-ring (bicyclic) bond motifs is 2. The van der Waals surface area contributed by atoms with E-state index in [-0.39, 0.29) is 10.5 Å². The highest BCUT2D eigenvalue weighted by Gasteiger charge is 2.61. The molecule has 3 aliphatic rings. The summed E-state index contributed by atoms with van der Waals surface area (Å²) in [5.41, 5.74) is 0.243. The molecule has 3 aliphatic carbocycles. The summed E-state index contributed by atoms with van der Waals surface area (Å²) in [6.07, 6.45) is 3.51. The molecule has 0 aromatic rings. The maximum atomic E-state index is 11.5. The molecule has 0 spiro atoms. The van der Waals surface area contributed by atoms with Gasteiger partial charge in [-0.15, -0.1) is 12.6 Å². The number of carbonyl (C=O) groups excluding carboxylic acids is 1. The monoisotopic (exact) mass is 198 g/mol. The predicted octanol–water partition coefficient (Wildman–Crippen LogP) is 2.91. The topological polar surface area (TPSA) is 17.1 Å². The van der Waals surface area contributed by atoms with Gasteiger partial charge in [-0.25, -0.2) is 0 Å². The first-order valence-corrected chi connectivity index (χ1v) is 5.57. The maximum absolute atomic E-state index is 11.5. The minimum atomic E-state index is -0.138. The van der Waals surface area contributed by atoms with E-state index >= 15 is 0 Å². The second kappa shape index (κ2) is 2.53. The van der Waals surface area contributed by atoms with Crippen molar-refractivity contribution in [3.8, 4) is 0 Å². The summed E-state index contributed by atoms with van der Waals surface area (Å²) in [6.45, 7) is 6.71. The lowest BCUT2D eigenvalue weighted by Gasteiger charge is -2.63. The van der Waals surface area contributed by atoms with Crippen molar-refractivity contribution in [2.45, 2.75) is 40.0 Å². The van der Waals surface area contributed by atoms with Crippen LogP contribution >= 0.6 is 12.6 Å². The van der Waals surface area contributed by atoms with E-state index in [4.69, 9.17) is 0 Å². The largest absolute Gasteiger partial charge is 0.287 e. The Balaban J connectivity index is 2.29. The molecule has 2 heteroatoms. The zero-order valence-corrected chi connectivity index (χ0v) is 9.53. The van der Waals surface area contributed by atoms with Crippen molar-refractivity contribution in [1.29, 1.82) is 0 Å². The first-order chi connectivity index (χ1) is 5.89. The first kappa shape index (κ1) is 9.57. The van der Waals surface area contributed by atoms with Gasteiger partial charge >= 0.3 is 0 Å². The molecule has 3 saturated carbocycles. The SMILES string of the molecule is CC1(C(=O)S)CCC2CC1C2(C)C. The lowest BCUT2D eigenvalue weighted by molar-refractivity contribution is -0.162. The molecular weight excluding hydrogens is 180 g/mol. The van der Waals surface area contributed by atoms with Gasteiger partial charge in [0.25, 0.3) is 0 Å². The zero-order valence-electron chi connectivity index (χ0n) is 8.63. The van der Waals surface area contributed by atoms with Gasteiger partial charge < -0.3 is 0 Å². The Labute approximate surface area is 85.7 Å². The highest BCUT2D eigenvalue weighted by atomic mass is 32.1. The lowest BCUT2D eigenvalue weighted by Crippen LogP contribution is -2.58. The van der Waals surface area contributed by atoms with Gasteiger partial charge in [-0.3, -0.25) is 4.79 Å². The van der Waals surface area contributed by atoms with Gasteiger partial charge in [0, 0.05) is 5.41 Å². The van der Waals surface area contributed by atoms with Crippen LogP contribution in [-0.4, -0.2) is 5.12 Å². The van der Waals surface area contributed by atoms with E-state index in [0.717, 1.165) is 12.3 Å². The molecule has 74 valence electrons. The lowest BCUT2D eigenvalue weighted by atomic mass is 9.41. The standard InChI is InChI=1S/C11H18OS/c1-10(2)7-4-5-11(3,9(12)13)8(10)6-7/h7-8H,4-6H2,1-3H3,(H,12,13). The molecule has 0 N–H and O–H groups in total. The second-order valence-corrected chi connectivity index (χ2v) is 5.97. The van der Waals surface area contributed by atoms with Crippen LogP contribution in [0.25, 0.3) is 0 Å². The molecule has 0 aliphatic heterocycles. The highest BCUT2D eigenvalue weighted by Crippen LogP contribution is 2.66. The Morgan fingerprint density at radius 2 is 2.00 bits per heavy atom. The molecule has 3 atom stereocenters. The molecule has 2 bridgehead atoms. The van der Waals surface area contributed by atoms with Crippen LogP contribution in [0.2, 0.25) is 0 Å². The summed E-state index contributed by atoms with van der Waals surface area (Å²) >= 11 is 4.05. The predicted molar refractivity (Wildman–Crippen MR) is 56.7 cm³/mol. The summed E-state index contributed by atoms with van der Waals surface area (Å²) < 4.78 is 0. The van der Waals surface area contributed by atoms with Gasteiger partial charge in [0.15, 0.2) is 5.12 Å². The minimum Gasteiger partial charge on any atom is -0.287 e. The maximum Gasteiger partial charge on any atom is 0.192 e. The van der Waals surface area contributed by atoms with E-state index in [2.05, 4.69) is 33.4 Å². The molecule has 13 heavy (non-hydrogen) atoms. The van der Waals surface area contributed by atoms with Crippen LogP contribution in [-0.2, 0) is 4.79 Å². The minimum absolute atomic E-state index is 0.101. The van der Waals surface area contributed by atoms with Gasteiger partial charge in [-0.2, -0.15) is 0 Å². The number of thiol groups is 1. The van der Waals surface area contributed by atoms with Crippen LogP contribution in [0.1, 0.15) is 40.0 Å². The van der Waals surface area contributed by atoms with Gasteiger partial charge in [-0.05, 0) is 36.5 Å². The fourth-order valence-corrected chi connectivity index (χ4v) is 3.76. The van der Waals surface area contributed by atoms with E-state index < -0.39 is 0 Å². The third-order valence-electron chi connectivity index (χ3n) is 4.74.